The zero-order chi connectivity index (χ0) is 37.3. The summed E-state index contributed by atoms with van der Waals surface area (Å²) in [5, 5.41) is 5.82. The molecule has 2 amide bonds. The lowest BCUT2D eigenvalue weighted by molar-refractivity contribution is -0.131. The van der Waals surface area contributed by atoms with E-state index in [4.69, 9.17) is 23.3 Å². The number of halogens is 2. The van der Waals surface area contributed by atoms with Gasteiger partial charge in [-0.05, 0) is 88.2 Å². The summed E-state index contributed by atoms with van der Waals surface area (Å²) < 4.78 is 70.0. The Bertz CT molecular complexity index is 1920. The predicted molar refractivity (Wildman–Crippen MR) is 193 cm³/mol. The van der Waals surface area contributed by atoms with Gasteiger partial charge in [-0.2, -0.15) is 0 Å². The van der Waals surface area contributed by atoms with Crippen molar-refractivity contribution in [1.29, 1.82) is 0 Å². The Hall–Kier alpha value is -4.62. The van der Waals surface area contributed by atoms with Crippen LogP contribution < -0.4 is 24.8 Å². The maximum atomic E-state index is 15.3. The zero-order valence-electron chi connectivity index (χ0n) is 29.6. The molecule has 0 aliphatic heterocycles. The number of hydrogen-bond donors (Lipinski definition) is 2. The van der Waals surface area contributed by atoms with Gasteiger partial charge in [0.1, 0.15) is 23.3 Å². The van der Waals surface area contributed by atoms with Crippen molar-refractivity contribution in [2.75, 3.05) is 56.9 Å². The van der Waals surface area contributed by atoms with E-state index in [-0.39, 0.29) is 17.7 Å². The number of nitrogens with zero attached hydrogens (tertiary/aromatic N) is 2. The average molecular weight is 741 g/mol. The first-order valence-electron chi connectivity index (χ1n) is 17.1. The van der Waals surface area contributed by atoms with Gasteiger partial charge in [-0.15, -0.1) is 0 Å². The van der Waals surface area contributed by atoms with Crippen molar-refractivity contribution >= 4 is 41.7 Å². The Morgan fingerprint density at radius 1 is 0.865 bits per heavy atom. The fourth-order valence-corrected chi connectivity index (χ4v) is 7.40. The van der Waals surface area contributed by atoms with Gasteiger partial charge in [-0.3, -0.25) is 24.0 Å². The molecular formula is C37H43F2N4O8P. The summed E-state index contributed by atoms with van der Waals surface area (Å²) in [6.45, 7) is 7.75. The number of amides is 2. The lowest BCUT2D eigenvalue weighted by atomic mass is 10.0. The monoisotopic (exact) mass is 740 g/mol. The highest BCUT2D eigenvalue weighted by molar-refractivity contribution is 7.53. The third-order valence-corrected chi connectivity index (χ3v) is 10.5. The maximum Gasteiger partial charge on any atom is 0.344 e. The molecule has 1 heterocycles. The van der Waals surface area contributed by atoms with E-state index in [1.54, 1.807) is 32.0 Å². The van der Waals surface area contributed by atoms with Gasteiger partial charge < -0.3 is 33.9 Å². The molecule has 3 aromatic carbocycles. The molecular weight excluding hydrogens is 697 g/mol. The highest BCUT2D eigenvalue weighted by Crippen LogP contribution is 2.49. The van der Waals surface area contributed by atoms with Crippen molar-refractivity contribution in [3.8, 4) is 23.0 Å². The summed E-state index contributed by atoms with van der Waals surface area (Å²) in [5.74, 6) is -1.17. The van der Waals surface area contributed by atoms with Crippen molar-refractivity contribution < 1.29 is 46.2 Å². The van der Waals surface area contributed by atoms with Gasteiger partial charge in [-0.25, -0.2) is 8.78 Å². The highest BCUT2D eigenvalue weighted by atomic mass is 31.2. The number of carbonyl (C=O) groups excluding carboxylic acids is 2. The number of fused-ring (bicyclic) bond motifs is 1. The molecule has 2 N–H and O–H groups in total. The molecule has 0 spiro atoms. The molecule has 0 radical (unpaired) electrons. The molecule has 5 rings (SSSR count). The topological polar surface area (TPSA) is 138 Å². The van der Waals surface area contributed by atoms with Crippen molar-refractivity contribution in [1.82, 2.24) is 9.88 Å². The first-order chi connectivity index (χ1) is 25.0. The van der Waals surface area contributed by atoms with Crippen LogP contribution in [-0.4, -0.2) is 68.0 Å². The highest BCUT2D eigenvalue weighted by Gasteiger charge is 2.56. The van der Waals surface area contributed by atoms with E-state index in [1.807, 2.05) is 11.8 Å². The molecule has 0 saturated heterocycles. The van der Waals surface area contributed by atoms with Crippen LogP contribution in [0.25, 0.3) is 10.9 Å². The van der Waals surface area contributed by atoms with Crippen LogP contribution in [0.1, 0.15) is 40.0 Å². The SMILES string of the molecule is CCOP(=O)(CN(CC)CCCOc1cc2nccc(Oc3ccc(NC(=O)C4(C(=O)Nc5ccc(F)cc5)CC4)cc3F)c2cc1OC)OCC. The van der Waals surface area contributed by atoms with Gasteiger partial charge in [0.25, 0.3) is 0 Å². The van der Waals surface area contributed by atoms with Crippen molar-refractivity contribution in [2.24, 2.45) is 5.41 Å². The van der Waals surface area contributed by atoms with Crippen LogP contribution in [-0.2, 0) is 23.2 Å². The molecule has 52 heavy (non-hydrogen) atoms. The molecule has 12 nitrogen and oxygen atoms in total. The molecule has 278 valence electrons. The number of anilines is 2. The minimum Gasteiger partial charge on any atom is -0.493 e. The summed E-state index contributed by atoms with van der Waals surface area (Å²) in [6, 6.07) is 14.2. The van der Waals surface area contributed by atoms with Gasteiger partial charge in [0.05, 0.1) is 32.4 Å². The van der Waals surface area contributed by atoms with Crippen LogP contribution in [0.5, 0.6) is 23.0 Å². The molecule has 1 fully saturated rings. The third-order valence-electron chi connectivity index (χ3n) is 8.47. The van der Waals surface area contributed by atoms with E-state index in [2.05, 4.69) is 15.6 Å². The number of hydrogen-bond acceptors (Lipinski definition) is 10. The van der Waals surface area contributed by atoms with Crippen molar-refractivity contribution in [2.45, 2.75) is 40.0 Å². The Labute approximate surface area is 301 Å². The Kier molecular flexibility index (Phi) is 12.8. The minimum absolute atomic E-state index is 0.0984. The van der Waals surface area contributed by atoms with Crippen LogP contribution in [0.2, 0.25) is 0 Å². The smallest absolute Gasteiger partial charge is 0.344 e. The second-order valence-electron chi connectivity index (χ2n) is 12.1. The first-order valence-corrected chi connectivity index (χ1v) is 18.8. The molecule has 0 atom stereocenters. The molecule has 15 heteroatoms. The lowest BCUT2D eigenvalue weighted by Gasteiger charge is -2.25. The summed E-state index contributed by atoms with van der Waals surface area (Å²) in [5.41, 5.74) is -0.259. The second kappa shape index (κ2) is 17.3. The predicted octanol–water partition coefficient (Wildman–Crippen LogP) is 7.99. The molecule has 4 aromatic rings. The fraction of sp³-hybridized carbons (Fsp3) is 0.378. The second-order valence-corrected chi connectivity index (χ2v) is 14.1. The van der Waals surface area contributed by atoms with Gasteiger partial charge in [0.15, 0.2) is 23.1 Å². The molecule has 1 saturated carbocycles. The van der Waals surface area contributed by atoms with E-state index in [9.17, 15) is 18.5 Å². The van der Waals surface area contributed by atoms with E-state index in [1.165, 1.54) is 49.7 Å². The van der Waals surface area contributed by atoms with Gasteiger partial charge in [0.2, 0.25) is 11.8 Å². The minimum atomic E-state index is -3.22. The van der Waals surface area contributed by atoms with Crippen LogP contribution in [0.4, 0.5) is 20.2 Å². The summed E-state index contributed by atoms with van der Waals surface area (Å²) in [4.78, 5) is 32.4. The number of ether oxygens (including phenoxy) is 3. The lowest BCUT2D eigenvalue weighted by Crippen LogP contribution is -2.35. The number of benzene rings is 3. The molecule has 0 bridgehead atoms. The average Bonchev–Trinajstić information content (AvgIpc) is 3.94. The normalized spacial score (nSPS) is 13.5. The van der Waals surface area contributed by atoms with E-state index >= 15 is 4.39 Å². The standard InChI is InChI=1S/C37H43F2N4O8P/c1-5-43(24-52(46,49-6-2)50-7-3)19-8-20-48-34-23-30-28(22-33(34)47-4)31(15-18-40-30)51-32-14-13-27(21-29(32)39)42-36(45)37(16-17-37)35(44)41-26-11-9-25(38)10-12-26/h9-15,18,21-23H,5-8,16-17,19-20,24H2,1-4H3,(H,41,44)(H,42,45). The number of methoxy groups -OCH3 is 1. The maximum absolute atomic E-state index is 15.3. The number of aromatic nitrogens is 1. The van der Waals surface area contributed by atoms with Crippen LogP contribution in [0.3, 0.4) is 0 Å². The van der Waals surface area contributed by atoms with E-state index in [0.717, 1.165) is 6.07 Å². The number of rotatable bonds is 19. The van der Waals surface area contributed by atoms with Crippen molar-refractivity contribution in [3.05, 3.63) is 78.5 Å². The van der Waals surface area contributed by atoms with Crippen LogP contribution in [0.15, 0.2) is 66.9 Å². The van der Waals surface area contributed by atoms with Gasteiger partial charge in [0, 0.05) is 41.6 Å². The van der Waals surface area contributed by atoms with Crippen LogP contribution in [0, 0.1) is 17.0 Å². The Morgan fingerprint density at radius 3 is 2.15 bits per heavy atom. The fourth-order valence-electron chi connectivity index (χ4n) is 5.54. The van der Waals surface area contributed by atoms with E-state index in [0.29, 0.717) is 86.0 Å². The van der Waals surface area contributed by atoms with E-state index < -0.39 is 36.5 Å². The number of nitrogens with one attached hydrogen (secondary N) is 2. The van der Waals surface area contributed by atoms with Gasteiger partial charge in [-0.1, -0.05) is 6.92 Å². The quantitative estimate of drug-likeness (QED) is 0.0553. The van der Waals surface area contributed by atoms with Gasteiger partial charge >= 0.3 is 7.60 Å². The number of pyridine rings is 1. The first kappa shape index (κ1) is 38.6. The summed E-state index contributed by atoms with van der Waals surface area (Å²) in [6.07, 6.45) is 3.00. The molecule has 1 aliphatic rings. The Morgan fingerprint density at radius 2 is 1.54 bits per heavy atom. The number of carbonyl (C=O) groups is 2. The van der Waals surface area contributed by atoms with Crippen molar-refractivity contribution in [3.63, 3.8) is 0 Å². The Balaban J connectivity index is 1.21. The van der Waals surface area contributed by atoms with Crippen LogP contribution >= 0.6 is 7.60 Å². The summed E-state index contributed by atoms with van der Waals surface area (Å²) >= 11 is 0. The zero-order valence-corrected chi connectivity index (χ0v) is 30.5. The largest absolute Gasteiger partial charge is 0.493 e. The molecule has 0 unspecified atom stereocenters. The molecule has 1 aliphatic carbocycles. The summed E-state index contributed by atoms with van der Waals surface area (Å²) in [7, 11) is -1.71. The third kappa shape index (κ3) is 9.43. The molecule has 1 aromatic heterocycles.